The van der Waals surface area contributed by atoms with Crippen molar-refractivity contribution < 1.29 is 19.3 Å². The van der Waals surface area contributed by atoms with Crippen molar-refractivity contribution in [1.82, 2.24) is 4.90 Å². The van der Waals surface area contributed by atoms with Crippen molar-refractivity contribution >= 4 is 31.9 Å². The van der Waals surface area contributed by atoms with Crippen LogP contribution in [-0.2, 0) is 16.7 Å². The first-order chi connectivity index (χ1) is 11.6. The van der Waals surface area contributed by atoms with Crippen LogP contribution in [0.4, 0.5) is 0 Å². The highest BCUT2D eigenvalue weighted by molar-refractivity contribution is 9.12. The van der Waals surface area contributed by atoms with Gasteiger partial charge in [-0.25, -0.2) is 0 Å². The Hall–Kier alpha value is -0.340. The maximum Gasteiger partial charge on any atom is 0.231 e. The molecule has 7 heteroatoms. The summed E-state index contributed by atoms with van der Waals surface area (Å²) in [7, 11) is 1.76. The van der Waals surface area contributed by atoms with Crippen molar-refractivity contribution in [2.75, 3.05) is 20.4 Å². The molecule has 1 saturated carbocycles. The van der Waals surface area contributed by atoms with E-state index in [-0.39, 0.29) is 34.0 Å². The second kappa shape index (κ2) is 5.33. The first-order valence-electron chi connectivity index (χ1n) is 8.23. The minimum atomic E-state index is -0.425. The van der Waals surface area contributed by atoms with Gasteiger partial charge in [0.25, 0.3) is 0 Å². The zero-order valence-electron chi connectivity index (χ0n) is 13.2. The maximum atomic E-state index is 11.1. The van der Waals surface area contributed by atoms with Gasteiger partial charge in [-0.05, 0) is 29.7 Å². The number of alkyl halides is 2. The van der Waals surface area contributed by atoms with Crippen LogP contribution in [0.1, 0.15) is 17.5 Å². The molecule has 130 valence electrons. The monoisotopic (exact) mass is 459 g/mol. The predicted molar refractivity (Wildman–Crippen MR) is 95.3 cm³/mol. The summed E-state index contributed by atoms with van der Waals surface area (Å²) in [6, 6.07) is 4.44. The number of hydrogen-bond acceptors (Lipinski definition) is 5. The fraction of sp³-hybridized carbons (Fsp3) is 0.647. The lowest BCUT2D eigenvalue weighted by Gasteiger charge is -2.54. The van der Waals surface area contributed by atoms with Gasteiger partial charge in [-0.1, -0.05) is 31.9 Å². The molecular weight excluding hydrogens is 442 g/mol. The number of nitrogens with zero attached hydrogens (tertiary/aromatic N) is 1. The second-order valence-electron chi connectivity index (χ2n) is 7.11. The van der Waals surface area contributed by atoms with Gasteiger partial charge in [0.2, 0.25) is 6.79 Å². The topological polar surface area (TPSA) is 51.2 Å². The molecule has 5 rings (SSSR count). The van der Waals surface area contributed by atoms with E-state index in [1.165, 1.54) is 11.1 Å². The Morgan fingerprint density at radius 1 is 1.29 bits per heavy atom. The van der Waals surface area contributed by atoms with Crippen LogP contribution in [0.3, 0.4) is 0 Å². The molecule has 0 radical (unpaired) electrons. The molecule has 4 aliphatic rings. The third-order valence-corrected chi connectivity index (χ3v) is 9.39. The average Bonchev–Trinajstić information content (AvgIpc) is 3.10. The molecule has 1 aliphatic carbocycles. The highest BCUT2D eigenvalue weighted by Gasteiger charge is 2.66. The van der Waals surface area contributed by atoms with E-state index >= 15 is 0 Å². The van der Waals surface area contributed by atoms with E-state index in [1.807, 2.05) is 0 Å². The normalized spacial score (nSPS) is 45.0. The molecule has 1 saturated heterocycles. The summed E-state index contributed by atoms with van der Waals surface area (Å²) in [6.07, 6.45) is 0.599. The smallest absolute Gasteiger partial charge is 0.231 e. The number of fused-ring (bicyclic) bond motifs is 2. The summed E-state index contributed by atoms with van der Waals surface area (Å²) in [5, 5.41) is 11.1. The van der Waals surface area contributed by atoms with Gasteiger partial charge >= 0.3 is 0 Å². The Morgan fingerprint density at radius 2 is 2.04 bits per heavy atom. The molecule has 1 aromatic rings. The standard InChI is InChI=1S/C17H19Br2NO4/c1-22-12-4-13-17(16(19)15(12)18)9-3-11-10(23-7-24-11)2-8(9)5-20(13)6-14(17)21/h2-3,12-16,21H,4-7H2,1H3/t12-,13-,14+,15+,16-,17+/m0/s1. The van der Waals surface area contributed by atoms with Crippen molar-refractivity contribution in [3.05, 3.63) is 23.3 Å². The average molecular weight is 461 g/mol. The Kier molecular flexibility index (Phi) is 3.53. The zero-order valence-corrected chi connectivity index (χ0v) is 16.4. The molecule has 7 atom stereocenters. The maximum absolute atomic E-state index is 11.1. The number of ether oxygens (including phenoxy) is 3. The molecule has 5 nitrogen and oxygen atoms in total. The predicted octanol–water partition coefficient (Wildman–Crippen LogP) is 2.16. The third kappa shape index (κ3) is 1.80. The minimum absolute atomic E-state index is 0.0631. The summed E-state index contributed by atoms with van der Waals surface area (Å²) in [4.78, 5) is 2.59. The minimum Gasteiger partial charge on any atom is -0.454 e. The van der Waals surface area contributed by atoms with Gasteiger partial charge < -0.3 is 19.3 Å². The first kappa shape index (κ1) is 15.9. The number of aliphatic hydroxyl groups excluding tert-OH is 1. The molecule has 3 aliphatic heterocycles. The zero-order chi connectivity index (χ0) is 16.6. The van der Waals surface area contributed by atoms with E-state index < -0.39 is 6.10 Å². The Labute approximate surface area is 157 Å². The highest BCUT2D eigenvalue weighted by atomic mass is 79.9. The van der Waals surface area contributed by atoms with Gasteiger partial charge in [0.05, 0.1) is 22.5 Å². The van der Waals surface area contributed by atoms with Crippen LogP contribution in [-0.4, -0.2) is 58.4 Å². The quantitative estimate of drug-likeness (QED) is 0.651. The first-order valence-corrected chi connectivity index (χ1v) is 10.1. The van der Waals surface area contributed by atoms with Crippen LogP contribution >= 0.6 is 31.9 Å². The lowest BCUT2D eigenvalue weighted by Crippen LogP contribution is -2.64. The summed E-state index contributed by atoms with van der Waals surface area (Å²) in [5.74, 6) is 1.60. The van der Waals surface area contributed by atoms with E-state index in [0.29, 0.717) is 6.54 Å². The molecule has 1 N–H and O–H groups in total. The molecule has 0 amide bonds. The van der Waals surface area contributed by atoms with E-state index in [2.05, 4.69) is 48.9 Å². The van der Waals surface area contributed by atoms with Crippen LogP contribution < -0.4 is 9.47 Å². The number of benzene rings is 1. The third-order valence-electron chi connectivity index (χ3n) is 6.24. The van der Waals surface area contributed by atoms with Crippen LogP contribution in [0.25, 0.3) is 0 Å². The summed E-state index contributed by atoms with van der Waals surface area (Å²) in [6.45, 7) is 1.79. The van der Waals surface area contributed by atoms with Crippen LogP contribution in [0.5, 0.6) is 11.5 Å². The van der Waals surface area contributed by atoms with Crippen molar-refractivity contribution in [3.8, 4) is 11.5 Å². The van der Waals surface area contributed by atoms with E-state index in [0.717, 1.165) is 24.5 Å². The summed E-state index contributed by atoms with van der Waals surface area (Å²) < 4.78 is 16.9. The van der Waals surface area contributed by atoms with Crippen LogP contribution in [0.15, 0.2) is 12.1 Å². The fourth-order valence-electron chi connectivity index (χ4n) is 5.18. The fourth-order valence-corrected chi connectivity index (χ4v) is 7.25. The van der Waals surface area contributed by atoms with Crippen molar-refractivity contribution in [2.24, 2.45) is 0 Å². The number of halogens is 2. The van der Waals surface area contributed by atoms with Gasteiger partial charge in [0.15, 0.2) is 11.5 Å². The lowest BCUT2D eigenvalue weighted by molar-refractivity contribution is 0.00450. The summed E-state index contributed by atoms with van der Waals surface area (Å²) in [5.41, 5.74) is 2.06. The van der Waals surface area contributed by atoms with Gasteiger partial charge in [-0.3, -0.25) is 4.90 Å². The Balaban J connectivity index is 1.71. The molecule has 2 bridgehead atoms. The van der Waals surface area contributed by atoms with Crippen molar-refractivity contribution in [3.63, 3.8) is 0 Å². The van der Waals surface area contributed by atoms with Gasteiger partial charge in [0.1, 0.15) is 0 Å². The van der Waals surface area contributed by atoms with Gasteiger partial charge in [-0.15, -0.1) is 0 Å². The highest BCUT2D eigenvalue weighted by Crippen LogP contribution is 2.58. The molecule has 1 unspecified atom stereocenters. The van der Waals surface area contributed by atoms with E-state index in [1.54, 1.807) is 7.11 Å². The van der Waals surface area contributed by atoms with E-state index in [4.69, 9.17) is 14.2 Å². The van der Waals surface area contributed by atoms with Crippen molar-refractivity contribution in [2.45, 2.75) is 46.3 Å². The summed E-state index contributed by atoms with van der Waals surface area (Å²) >= 11 is 7.75. The molecule has 0 spiro atoms. The largest absolute Gasteiger partial charge is 0.454 e. The van der Waals surface area contributed by atoms with E-state index in [9.17, 15) is 5.11 Å². The number of rotatable bonds is 1. The molecule has 1 aromatic carbocycles. The molecule has 24 heavy (non-hydrogen) atoms. The Bertz CT molecular complexity index is 701. The molecule has 2 fully saturated rings. The van der Waals surface area contributed by atoms with Crippen molar-refractivity contribution in [1.29, 1.82) is 0 Å². The lowest BCUT2D eigenvalue weighted by atomic mass is 9.61. The number of methoxy groups -OCH3 is 1. The number of hydrogen-bond donors (Lipinski definition) is 1. The Morgan fingerprint density at radius 3 is 2.79 bits per heavy atom. The van der Waals surface area contributed by atoms with Crippen LogP contribution in [0.2, 0.25) is 0 Å². The number of aliphatic hydroxyl groups is 1. The molecule has 0 aromatic heterocycles. The van der Waals surface area contributed by atoms with Gasteiger partial charge in [0, 0.05) is 31.1 Å². The molecular formula is C17H19Br2NO4. The van der Waals surface area contributed by atoms with Crippen LogP contribution in [0, 0.1) is 0 Å². The SMILES string of the molecule is CO[C@H]1C[C@@H]2N3Cc4cc5c(cc4[C@@]2([C@H](O)C3)[C@@H](Br)[C@@H]1Br)OCO5. The second-order valence-corrected chi connectivity index (χ2v) is 9.16. The van der Waals surface area contributed by atoms with Gasteiger partial charge in [-0.2, -0.15) is 0 Å². The molecule has 3 heterocycles.